The fourth-order valence-corrected chi connectivity index (χ4v) is 3.66. The maximum atomic E-state index is 12.8. The quantitative estimate of drug-likeness (QED) is 0.629. The number of nitrogens with zero attached hydrogens (tertiary/aromatic N) is 1. The molecule has 0 aliphatic carbocycles. The normalized spacial score (nSPS) is 16.2. The summed E-state index contributed by atoms with van der Waals surface area (Å²) in [6.07, 6.45) is 0. The molecule has 8 heteroatoms. The van der Waals surface area contributed by atoms with E-state index in [2.05, 4.69) is 16.7 Å². The van der Waals surface area contributed by atoms with Gasteiger partial charge in [0.1, 0.15) is 23.3 Å². The summed E-state index contributed by atoms with van der Waals surface area (Å²) in [6, 6.07) is 8.41. The lowest BCUT2D eigenvalue weighted by molar-refractivity contribution is -0.139. The zero-order chi connectivity index (χ0) is 22.5. The first-order valence-electron chi connectivity index (χ1n) is 10.2. The maximum Gasteiger partial charge on any atom is 0.338 e. The van der Waals surface area contributed by atoms with Crippen LogP contribution in [-0.4, -0.2) is 44.2 Å². The number of ether oxygens (including phenoxy) is 2. The number of urea groups is 1. The summed E-state index contributed by atoms with van der Waals surface area (Å²) < 4.78 is 16.5. The molecule has 1 aromatic heterocycles. The van der Waals surface area contributed by atoms with Gasteiger partial charge in [-0.25, -0.2) is 9.59 Å². The first-order chi connectivity index (χ1) is 14.8. The molecule has 1 atom stereocenters. The van der Waals surface area contributed by atoms with Gasteiger partial charge in [-0.2, -0.15) is 0 Å². The van der Waals surface area contributed by atoms with Gasteiger partial charge in [-0.3, -0.25) is 4.90 Å². The number of hydrogen-bond acceptors (Lipinski definition) is 6. The lowest BCUT2D eigenvalue weighted by Gasteiger charge is -2.30. The predicted molar refractivity (Wildman–Crippen MR) is 116 cm³/mol. The van der Waals surface area contributed by atoms with E-state index in [0.717, 1.165) is 16.9 Å². The van der Waals surface area contributed by atoms with Crippen molar-refractivity contribution >= 4 is 12.0 Å². The molecule has 1 aliphatic rings. The van der Waals surface area contributed by atoms with Crippen molar-refractivity contribution < 1.29 is 23.5 Å². The lowest BCUT2D eigenvalue weighted by atomic mass is 9.99. The summed E-state index contributed by atoms with van der Waals surface area (Å²) >= 11 is 0. The number of nitrogens with one attached hydrogen (secondary N) is 2. The van der Waals surface area contributed by atoms with E-state index in [4.69, 9.17) is 13.9 Å². The second kappa shape index (κ2) is 9.70. The maximum absolute atomic E-state index is 12.8. The van der Waals surface area contributed by atoms with Crippen molar-refractivity contribution in [2.45, 2.75) is 33.4 Å². The van der Waals surface area contributed by atoms with Gasteiger partial charge in [0.05, 0.1) is 19.3 Å². The molecular formula is C23H29N3O5. The van der Waals surface area contributed by atoms with Crippen LogP contribution < -0.4 is 15.4 Å². The van der Waals surface area contributed by atoms with Crippen LogP contribution in [0.3, 0.4) is 0 Å². The second-order valence-corrected chi connectivity index (χ2v) is 7.58. The first kappa shape index (κ1) is 22.4. The fourth-order valence-electron chi connectivity index (χ4n) is 3.66. The number of furan rings is 1. The van der Waals surface area contributed by atoms with Crippen molar-refractivity contribution in [2.75, 3.05) is 27.3 Å². The minimum absolute atomic E-state index is 0.226. The summed E-state index contributed by atoms with van der Waals surface area (Å²) in [7, 11) is 3.55. The molecule has 166 valence electrons. The van der Waals surface area contributed by atoms with Gasteiger partial charge in [-0.05, 0) is 46.0 Å². The standard InChI is InChI=1S/C23H29N3O5/c1-6-30-22(27)20-17(24-23(28)25-21(20)19-10-8-15(3)31-19)13-26(4)12-16-11-14(2)7-9-18(16)29-5/h7-11,21H,6,12-13H2,1-5H3,(H2,24,25,28)/t21-/m0/s1. The Labute approximate surface area is 182 Å². The number of carbonyl (C=O) groups is 2. The third-order valence-corrected chi connectivity index (χ3v) is 5.00. The Balaban J connectivity index is 1.93. The van der Waals surface area contributed by atoms with E-state index in [0.29, 0.717) is 35.9 Å². The van der Waals surface area contributed by atoms with Crippen molar-refractivity contribution in [1.29, 1.82) is 0 Å². The molecule has 2 N–H and O–H groups in total. The summed E-state index contributed by atoms with van der Waals surface area (Å²) in [5.74, 6) is 1.47. The molecule has 0 unspecified atom stereocenters. The smallest absolute Gasteiger partial charge is 0.338 e. The zero-order valence-electron chi connectivity index (χ0n) is 18.6. The Morgan fingerprint density at radius 3 is 2.61 bits per heavy atom. The minimum Gasteiger partial charge on any atom is -0.496 e. The molecule has 2 amide bonds. The van der Waals surface area contributed by atoms with E-state index < -0.39 is 18.0 Å². The third kappa shape index (κ3) is 5.27. The van der Waals surface area contributed by atoms with Crippen LogP contribution in [0.5, 0.6) is 5.75 Å². The van der Waals surface area contributed by atoms with Gasteiger partial charge in [0.15, 0.2) is 0 Å². The van der Waals surface area contributed by atoms with Crippen LogP contribution in [-0.2, 0) is 16.1 Å². The number of amides is 2. The number of aryl methyl sites for hydroxylation is 2. The van der Waals surface area contributed by atoms with E-state index in [1.165, 1.54) is 0 Å². The number of esters is 1. The summed E-state index contributed by atoms with van der Waals surface area (Å²) in [6.45, 7) is 6.70. The van der Waals surface area contributed by atoms with Crippen LogP contribution in [0, 0.1) is 13.8 Å². The molecule has 2 heterocycles. The zero-order valence-corrected chi connectivity index (χ0v) is 18.6. The van der Waals surface area contributed by atoms with Gasteiger partial charge < -0.3 is 24.5 Å². The molecule has 0 radical (unpaired) electrons. The van der Waals surface area contributed by atoms with Crippen LogP contribution in [0.1, 0.15) is 35.6 Å². The van der Waals surface area contributed by atoms with Crippen molar-refractivity contribution in [3.8, 4) is 5.75 Å². The van der Waals surface area contributed by atoms with Gasteiger partial charge in [0.25, 0.3) is 0 Å². The number of hydrogen-bond donors (Lipinski definition) is 2. The fraction of sp³-hybridized carbons (Fsp3) is 0.391. The number of likely N-dealkylation sites (N-methyl/N-ethyl adjacent to an activating group) is 1. The minimum atomic E-state index is -0.724. The molecule has 3 rings (SSSR count). The number of benzene rings is 1. The highest BCUT2D eigenvalue weighted by atomic mass is 16.5. The van der Waals surface area contributed by atoms with Gasteiger partial charge in [0, 0.05) is 24.4 Å². The van der Waals surface area contributed by atoms with E-state index in [9.17, 15) is 9.59 Å². The molecule has 0 saturated carbocycles. The molecule has 0 saturated heterocycles. The predicted octanol–water partition coefficient (Wildman–Crippen LogP) is 3.21. The van der Waals surface area contributed by atoms with Crippen molar-refractivity contribution in [1.82, 2.24) is 15.5 Å². The average molecular weight is 428 g/mol. The molecule has 2 aromatic rings. The Hall–Kier alpha value is -3.26. The number of rotatable bonds is 8. The van der Waals surface area contributed by atoms with E-state index >= 15 is 0 Å². The summed E-state index contributed by atoms with van der Waals surface area (Å²) in [5.41, 5.74) is 2.95. The Bertz CT molecular complexity index is 995. The highest BCUT2D eigenvalue weighted by Crippen LogP contribution is 2.30. The number of carbonyl (C=O) groups excluding carboxylic acids is 2. The van der Waals surface area contributed by atoms with Crippen molar-refractivity contribution in [3.63, 3.8) is 0 Å². The molecule has 0 bridgehead atoms. The lowest BCUT2D eigenvalue weighted by Crippen LogP contribution is -2.48. The summed E-state index contributed by atoms with van der Waals surface area (Å²) in [4.78, 5) is 27.2. The topological polar surface area (TPSA) is 93.0 Å². The Morgan fingerprint density at radius 2 is 1.97 bits per heavy atom. The second-order valence-electron chi connectivity index (χ2n) is 7.58. The monoisotopic (exact) mass is 427 g/mol. The Morgan fingerprint density at radius 1 is 1.19 bits per heavy atom. The van der Waals surface area contributed by atoms with Crippen LogP contribution in [0.2, 0.25) is 0 Å². The van der Waals surface area contributed by atoms with Gasteiger partial charge in [0.2, 0.25) is 0 Å². The van der Waals surface area contributed by atoms with Crippen molar-refractivity contribution in [3.05, 3.63) is 64.2 Å². The third-order valence-electron chi connectivity index (χ3n) is 5.00. The van der Waals surface area contributed by atoms with Crippen molar-refractivity contribution in [2.24, 2.45) is 0 Å². The SMILES string of the molecule is CCOC(=O)C1=C(CN(C)Cc2cc(C)ccc2OC)NC(=O)N[C@H]1c1ccc(C)o1. The van der Waals surface area contributed by atoms with Crippen LogP contribution in [0.4, 0.5) is 4.79 Å². The van der Waals surface area contributed by atoms with Gasteiger partial charge in [-0.15, -0.1) is 0 Å². The largest absolute Gasteiger partial charge is 0.496 e. The van der Waals surface area contributed by atoms with Crippen LogP contribution in [0.15, 0.2) is 46.0 Å². The van der Waals surface area contributed by atoms with E-state index in [-0.39, 0.29) is 6.61 Å². The molecule has 0 fully saturated rings. The molecule has 31 heavy (non-hydrogen) atoms. The highest BCUT2D eigenvalue weighted by Gasteiger charge is 2.35. The van der Waals surface area contributed by atoms with Crippen LogP contribution in [0.25, 0.3) is 0 Å². The molecule has 8 nitrogen and oxygen atoms in total. The molecule has 0 spiro atoms. The van der Waals surface area contributed by atoms with E-state index in [1.807, 2.05) is 37.9 Å². The van der Waals surface area contributed by atoms with E-state index in [1.54, 1.807) is 26.2 Å². The average Bonchev–Trinajstić information content (AvgIpc) is 3.14. The molecule has 1 aliphatic heterocycles. The first-order valence-corrected chi connectivity index (χ1v) is 10.2. The number of methoxy groups -OCH3 is 1. The molecule has 1 aromatic carbocycles. The van der Waals surface area contributed by atoms with Crippen LogP contribution >= 0.6 is 0 Å². The summed E-state index contributed by atoms with van der Waals surface area (Å²) in [5, 5.41) is 5.56. The van der Waals surface area contributed by atoms with Gasteiger partial charge in [-0.1, -0.05) is 17.7 Å². The Kier molecular flexibility index (Phi) is 7.02. The molecular weight excluding hydrogens is 398 g/mol. The highest BCUT2D eigenvalue weighted by molar-refractivity contribution is 5.95. The van der Waals surface area contributed by atoms with Gasteiger partial charge >= 0.3 is 12.0 Å².